The number of amides is 2. The molecule has 1 saturated heterocycles. The third kappa shape index (κ3) is 3.78. The molecule has 0 spiro atoms. The molecule has 5 heteroatoms. The Kier molecular flexibility index (Phi) is 5.51. The molecule has 0 bridgehead atoms. The Morgan fingerprint density at radius 1 is 1.25 bits per heavy atom. The van der Waals surface area contributed by atoms with Crippen molar-refractivity contribution in [2.75, 3.05) is 37.7 Å². The van der Waals surface area contributed by atoms with Crippen molar-refractivity contribution in [1.29, 1.82) is 0 Å². The van der Waals surface area contributed by atoms with Gasteiger partial charge in [0.1, 0.15) is 6.54 Å². The third-order valence-electron chi connectivity index (χ3n) is 5.04. The van der Waals surface area contributed by atoms with Gasteiger partial charge in [0.25, 0.3) is 0 Å². The van der Waals surface area contributed by atoms with Crippen molar-refractivity contribution in [2.24, 2.45) is 5.92 Å². The van der Waals surface area contributed by atoms with Crippen LogP contribution in [-0.4, -0.2) is 49.6 Å². The number of fused-ring (bicyclic) bond motifs is 1. The van der Waals surface area contributed by atoms with E-state index in [4.69, 9.17) is 4.74 Å². The lowest BCUT2D eigenvalue weighted by Crippen LogP contribution is -2.46. The first-order valence-electron chi connectivity index (χ1n) is 8.92. The van der Waals surface area contributed by atoms with Gasteiger partial charge in [0.15, 0.2) is 0 Å². The highest BCUT2D eigenvalue weighted by Gasteiger charge is 2.28. The van der Waals surface area contributed by atoms with Crippen LogP contribution in [0.4, 0.5) is 5.69 Å². The summed E-state index contributed by atoms with van der Waals surface area (Å²) in [6.07, 6.45) is 3.26. The normalized spacial score (nSPS) is 18.4. The van der Waals surface area contributed by atoms with Gasteiger partial charge in [-0.1, -0.05) is 18.2 Å². The summed E-state index contributed by atoms with van der Waals surface area (Å²) in [6.45, 7) is 5.17. The van der Waals surface area contributed by atoms with Crippen LogP contribution in [0.3, 0.4) is 0 Å². The standard InChI is InChI=1S/C19H26N2O3/c1-2-20(13-15-9-11-24-12-10-15)19(23)14-21-17-6-4-3-5-16(17)7-8-18(21)22/h3-6,15H,2,7-14H2,1H3. The van der Waals surface area contributed by atoms with E-state index in [9.17, 15) is 9.59 Å². The maximum atomic E-state index is 12.8. The second-order valence-electron chi connectivity index (χ2n) is 6.60. The van der Waals surface area contributed by atoms with Crippen LogP contribution < -0.4 is 4.90 Å². The number of ether oxygens (including phenoxy) is 1. The molecule has 1 aromatic rings. The molecule has 0 saturated carbocycles. The van der Waals surface area contributed by atoms with Crippen LogP contribution in [0.2, 0.25) is 0 Å². The van der Waals surface area contributed by atoms with Crippen molar-refractivity contribution in [3.05, 3.63) is 29.8 Å². The van der Waals surface area contributed by atoms with Crippen LogP contribution >= 0.6 is 0 Å². The fraction of sp³-hybridized carbons (Fsp3) is 0.579. The lowest BCUT2D eigenvalue weighted by atomic mass is 9.99. The molecule has 1 fully saturated rings. The van der Waals surface area contributed by atoms with Crippen LogP contribution in [0, 0.1) is 5.92 Å². The van der Waals surface area contributed by atoms with Crippen molar-refractivity contribution >= 4 is 17.5 Å². The van der Waals surface area contributed by atoms with E-state index in [0.29, 0.717) is 18.9 Å². The predicted molar refractivity (Wildman–Crippen MR) is 92.9 cm³/mol. The maximum absolute atomic E-state index is 12.8. The number of hydrogen-bond donors (Lipinski definition) is 0. The van der Waals surface area contributed by atoms with E-state index in [2.05, 4.69) is 0 Å². The minimum Gasteiger partial charge on any atom is -0.381 e. The number of hydrogen-bond acceptors (Lipinski definition) is 3. The molecule has 0 atom stereocenters. The topological polar surface area (TPSA) is 49.9 Å². The summed E-state index contributed by atoms with van der Waals surface area (Å²) in [4.78, 5) is 28.7. The number of carbonyl (C=O) groups excluding carboxylic acids is 2. The Labute approximate surface area is 143 Å². The van der Waals surface area contributed by atoms with Gasteiger partial charge >= 0.3 is 0 Å². The highest BCUT2D eigenvalue weighted by atomic mass is 16.5. The number of anilines is 1. The first kappa shape index (κ1) is 17.0. The summed E-state index contributed by atoms with van der Waals surface area (Å²) in [5, 5.41) is 0. The monoisotopic (exact) mass is 330 g/mol. The average molecular weight is 330 g/mol. The number of carbonyl (C=O) groups is 2. The first-order chi connectivity index (χ1) is 11.7. The van der Waals surface area contributed by atoms with E-state index in [-0.39, 0.29) is 18.4 Å². The van der Waals surface area contributed by atoms with E-state index in [0.717, 1.165) is 50.3 Å². The molecule has 0 aromatic heterocycles. The van der Waals surface area contributed by atoms with Crippen LogP contribution in [0.1, 0.15) is 31.7 Å². The molecule has 0 N–H and O–H groups in total. The zero-order chi connectivity index (χ0) is 16.9. The van der Waals surface area contributed by atoms with Gasteiger partial charge in [0.05, 0.1) is 0 Å². The highest BCUT2D eigenvalue weighted by molar-refractivity contribution is 6.01. The molecule has 2 heterocycles. The van der Waals surface area contributed by atoms with Gasteiger partial charge in [-0.15, -0.1) is 0 Å². The van der Waals surface area contributed by atoms with Gasteiger partial charge < -0.3 is 14.5 Å². The first-order valence-corrected chi connectivity index (χ1v) is 8.92. The van der Waals surface area contributed by atoms with E-state index in [1.54, 1.807) is 4.90 Å². The zero-order valence-electron chi connectivity index (χ0n) is 14.4. The molecule has 24 heavy (non-hydrogen) atoms. The van der Waals surface area contributed by atoms with Crippen molar-refractivity contribution in [3.63, 3.8) is 0 Å². The smallest absolute Gasteiger partial charge is 0.242 e. The van der Waals surface area contributed by atoms with Gasteiger partial charge in [-0.3, -0.25) is 9.59 Å². The predicted octanol–water partition coefficient (Wildman–Crippen LogP) is 2.24. The Bertz CT molecular complexity index is 596. The highest BCUT2D eigenvalue weighted by Crippen LogP contribution is 2.27. The Balaban J connectivity index is 1.67. The third-order valence-corrected chi connectivity index (χ3v) is 5.04. The molecular formula is C19H26N2O3. The molecule has 2 aliphatic rings. The van der Waals surface area contributed by atoms with Crippen molar-refractivity contribution < 1.29 is 14.3 Å². The fourth-order valence-electron chi connectivity index (χ4n) is 3.55. The largest absolute Gasteiger partial charge is 0.381 e. The molecule has 5 nitrogen and oxygen atoms in total. The van der Waals surface area contributed by atoms with Crippen molar-refractivity contribution in [1.82, 2.24) is 4.90 Å². The number of nitrogens with zero attached hydrogens (tertiary/aromatic N) is 2. The Morgan fingerprint density at radius 2 is 2.00 bits per heavy atom. The molecule has 1 aromatic carbocycles. The minimum absolute atomic E-state index is 0.0362. The molecular weight excluding hydrogens is 304 g/mol. The molecule has 2 amide bonds. The van der Waals surface area contributed by atoms with Gasteiger partial charge in [-0.25, -0.2) is 0 Å². The lowest BCUT2D eigenvalue weighted by molar-refractivity contribution is -0.132. The quantitative estimate of drug-likeness (QED) is 0.832. The number of aryl methyl sites for hydroxylation is 1. The molecule has 0 unspecified atom stereocenters. The van der Waals surface area contributed by atoms with Crippen molar-refractivity contribution in [2.45, 2.75) is 32.6 Å². The number of benzene rings is 1. The molecule has 3 rings (SSSR count). The maximum Gasteiger partial charge on any atom is 0.242 e. The molecule has 0 radical (unpaired) electrons. The summed E-state index contributed by atoms with van der Waals surface area (Å²) < 4.78 is 5.39. The van der Waals surface area contributed by atoms with Crippen LogP contribution in [0.25, 0.3) is 0 Å². The number of para-hydroxylation sites is 1. The second kappa shape index (κ2) is 7.79. The summed E-state index contributed by atoms with van der Waals surface area (Å²) in [6, 6.07) is 7.89. The van der Waals surface area contributed by atoms with Crippen LogP contribution in [0.15, 0.2) is 24.3 Å². The summed E-state index contributed by atoms with van der Waals surface area (Å²) in [5.74, 6) is 0.588. The second-order valence-corrected chi connectivity index (χ2v) is 6.60. The number of rotatable bonds is 5. The SMILES string of the molecule is CCN(CC1CCOCC1)C(=O)CN1C(=O)CCc2ccccc21. The summed E-state index contributed by atoms with van der Waals surface area (Å²) in [7, 11) is 0. The summed E-state index contributed by atoms with van der Waals surface area (Å²) >= 11 is 0. The van der Waals surface area contributed by atoms with E-state index < -0.39 is 0 Å². The van der Waals surface area contributed by atoms with E-state index in [1.165, 1.54) is 0 Å². The molecule has 0 aliphatic carbocycles. The van der Waals surface area contributed by atoms with Gasteiger partial charge in [0.2, 0.25) is 11.8 Å². The zero-order valence-corrected chi connectivity index (χ0v) is 14.4. The van der Waals surface area contributed by atoms with Crippen LogP contribution in [0.5, 0.6) is 0 Å². The molecule has 130 valence electrons. The van der Waals surface area contributed by atoms with E-state index >= 15 is 0 Å². The van der Waals surface area contributed by atoms with Crippen LogP contribution in [-0.2, 0) is 20.7 Å². The summed E-state index contributed by atoms with van der Waals surface area (Å²) in [5.41, 5.74) is 2.04. The average Bonchev–Trinajstić information content (AvgIpc) is 2.63. The van der Waals surface area contributed by atoms with Gasteiger partial charge in [-0.05, 0) is 43.7 Å². The van der Waals surface area contributed by atoms with E-state index in [1.807, 2.05) is 36.1 Å². The molecule has 2 aliphatic heterocycles. The van der Waals surface area contributed by atoms with Gasteiger partial charge in [0, 0.05) is 38.4 Å². The number of likely N-dealkylation sites (N-methyl/N-ethyl adjacent to an activating group) is 1. The Hall–Kier alpha value is -1.88. The Morgan fingerprint density at radius 3 is 2.75 bits per heavy atom. The minimum atomic E-state index is 0.0362. The van der Waals surface area contributed by atoms with Gasteiger partial charge in [-0.2, -0.15) is 0 Å². The fourth-order valence-corrected chi connectivity index (χ4v) is 3.55. The van der Waals surface area contributed by atoms with Crippen molar-refractivity contribution in [3.8, 4) is 0 Å². The lowest BCUT2D eigenvalue weighted by Gasteiger charge is -2.33.